The molecule has 0 fully saturated rings. The Morgan fingerprint density at radius 1 is 1.05 bits per heavy atom. The zero-order valence-corrected chi connectivity index (χ0v) is 14.5. The van der Waals surface area contributed by atoms with Gasteiger partial charge in [-0.05, 0) is 44.7 Å². The lowest BCUT2D eigenvalue weighted by atomic mass is 10.0. The second-order valence-corrected chi connectivity index (χ2v) is 7.05. The molecule has 0 aliphatic heterocycles. The maximum atomic E-state index is 13.0. The third kappa shape index (κ3) is 5.10. The van der Waals surface area contributed by atoms with Crippen molar-refractivity contribution in [3.63, 3.8) is 0 Å². The molecule has 4 heteroatoms. The average Bonchev–Trinajstić information content (AvgIpc) is 2.49. The molecule has 118 valence electrons. The zero-order chi connectivity index (χ0) is 15.7. The lowest BCUT2D eigenvalue weighted by molar-refractivity contribution is 0.226. The summed E-state index contributed by atoms with van der Waals surface area (Å²) in [6.45, 7) is 8.47. The molecule has 0 amide bonds. The molecule has 1 aromatic carbocycles. The zero-order valence-electron chi connectivity index (χ0n) is 13.6. The highest BCUT2D eigenvalue weighted by molar-refractivity contribution is 7.58. The van der Waals surface area contributed by atoms with Crippen LogP contribution in [-0.4, -0.2) is 13.2 Å². The highest BCUT2D eigenvalue weighted by Gasteiger charge is 2.29. The van der Waals surface area contributed by atoms with E-state index in [-0.39, 0.29) is 0 Å². The molecule has 0 radical (unpaired) electrons. The molecule has 0 heterocycles. The lowest BCUT2D eigenvalue weighted by Crippen LogP contribution is -2.00. The van der Waals surface area contributed by atoms with Crippen LogP contribution >= 0.6 is 7.60 Å². The maximum Gasteiger partial charge on any atom is 0.357 e. The van der Waals surface area contributed by atoms with E-state index in [1.165, 1.54) is 0 Å². The number of unbranched alkanes of at least 4 members (excludes halogenated alkanes) is 1. The van der Waals surface area contributed by atoms with Gasteiger partial charge in [0.1, 0.15) is 0 Å². The normalized spacial score (nSPS) is 13.1. The molecule has 0 aliphatic rings. The Hall–Kier alpha value is -0.890. The number of hydrogen-bond donors (Lipinski definition) is 0. The molecule has 0 aliphatic carbocycles. The van der Waals surface area contributed by atoms with E-state index in [2.05, 4.69) is 19.1 Å². The van der Waals surface area contributed by atoms with Crippen molar-refractivity contribution in [2.75, 3.05) is 13.2 Å². The van der Waals surface area contributed by atoms with Gasteiger partial charge in [0.05, 0.1) is 13.2 Å². The minimum absolute atomic E-state index is 0.379. The Balaban J connectivity index is 3.27. The summed E-state index contributed by atoms with van der Waals surface area (Å²) in [5, 5.41) is 0.742. The van der Waals surface area contributed by atoms with Gasteiger partial charge < -0.3 is 9.05 Å². The Morgan fingerprint density at radius 3 is 2.10 bits per heavy atom. The number of allylic oxidation sites excluding steroid dienone is 2. The van der Waals surface area contributed by atoms with Gasteiger partial charge in [-0.15, -0.1) is 0 Å². The van der Waals surface area contributed by atoms with E-state index < -0.39 is 7.60 Å². The maximum absolute atomic E-state index is 13.0. The van der Waals surface area contributed by atoms with Crippen molar-refractivity contribution >= 4 is 13.2 Å². The van der Waals surface area contributed by atoms with Gasteiger partial charge in [0, 0.05) is 5.31 Å². The summed E-state index contributed by atoms with van der Waals surface area (Å²) in [7, 11) is -3.19. The Bertz CT molecular complexity index is 484. The van der Waals surface area contributed by atoms with Gasteiger partial charge >= 0.3 is 7.60 Å². The summed E-state index contributed by atoms with van der Waals surface area (Å²) in [6.07, 6.45) is 3.04. The van der Waals surface area contributed by atoms with Crippen molar-refractivity contribution in [1.29, 1.82) is 0 Å². The van der Waals surface area contributed by atoms with Gasteiger partial charge in [-0.1, -0.05) is 43.7 Å². The topological polar surface area (TPSA) is 35.5 Å². The van der Waals surface area contributed by atoms with Crippen LogP contribution in [0.3, 0.4) is 0 Å². The largest absolute Gasteiger partial charge is 0.357 e. The van der Waals surface area contributed by atoms with Crippen molar-refractivity contribution in [3.05, 3.63) is 41.2 Å². The quantitative estimate of drug-likeness (QED) is 0.535. The summed E-state index contributed by atoms with van der Waals surface area (Å²) in [4.78, 5) is 0. The molecule has 0 bridgehead atoms. The Morgan fingerprint density at radius 2 is 1.62 bits per heavy atom. The summed E-state index contributed by atoms with van der Waals surface area (Å²) < 4.78 is 24.0. The van der Waals surface area contributed by atoms with Crippen LogP contribution in [0.4, 0.5) is 0 Å². The molecule has 0 atom stereocenters. The van der Waals surface area contributed by atoms with Crippen LogP contribution in [0.25, 0.3) is 5.57 Å². The van der Waals surface area contributed by atoms with E-state index >= 15 is 0 Å². The van der Waals surface area contributed by atoms with Gasteiger partial charge in [0.2, 0.25) is 0 Å². The third-order valence-electron chi connectivity index (χ3n) is 3.35. The summed E-state index contributed by atoms with van der Waals surface area (Å²) in [5.41, 5.74) is 2.19. The molecule has 1 rings (SSSR count). The van der Waals surface area contributed by atoms with Gasteiger partial charge in [0.25, 0.3) is 0 Å². The molecule has 0 saturated heterocycles. The first-order valence-corrected chi connectivity index (χ1v) is 9.28. The summed E-state index contributed by atoms with van der Waals surface area (Å²) >= 11 is 0. The van der Waals surface area contributed by atoms with Crippen molar-refractivity contribution < 1.29 is 13.6 Å². The fraction of sp³-hybridized carbons (Fsp3) is 0.529. The number of hydrogen-bond acceptors (Lipinski definition) is 3. The first-order chi connectivity index (χ1) is 10.1. The molecule has 0 aromatic heterocycles. The number of benzene rings is 1. The lowest BCUT2D eigenvalue weighted by Gasteiger charge is -2.21. The molecular formula is C17H27O3P. The highest BCUT2D eigenvalue weighted by Crippen LogP contribution is 2.58. The van der Waals surface area contributed by atoms with Crippen LogP contribution < -0.4 is 0 Å². The van der Waals surface area contributed by atoms with E-state index in [1.807, 2.05) is 39.0 Å². The third-order valence-corrected chi connectivity index (χ3v) is 5.64. The monoisotopic (exact) mass is 310 g/mol. The SMILES string of the molecule is CCCC/C(=C(/C)P(=O)(OCC)OCC)c1ccccc1. The standard InChI is InChI=1S/C17H27O3P/c1-5-8-14-17(16-12-10-9-11-13-16)15(4)21(18,19-6-2)20-7-3/h9-13H,5-8,14H2,1-4H3/b17-15+. The molecule has 0 spiro atoms. The highest BCUT2D eigenvalue weighted by atomic mass is 31.2. The number of rotatable bonds is 9. The van der Waals surface area contributed by atoms with Crippen molar-refractivity contribution in [1.82, 2.24) is 0 Å². The molecule has 0 N–H and O–H groups in total. The summed E-state index contributed by atoms with van der Waals surface area (Å²) in [5.74, 6) is 0. The van der Waals surface area contributed by atoms with E-state index in [1.54, 1.807) is 0 Å². The van der Waals surface area contributed by atoms with Gasteiger partial charge in [0.15, 0.2) is 0 Å². The van der Waals surface area contributed by atoms with Crippen molar-refractivity contribution in [3.8, 4) is 0 Å². The van der Waals surface area contributed by atoms with Crippen molar-refractivity contribution in [2.45, 2.75) is 47.0 Å². The van der Waals surface area contributed by atoms with E-state index in [0.717, 1.165) is 35.7 Å². The van der Waals surface area contributed by atoms with Crippen LogP contribution in [0, 0.1) is 0 Å². The first kappa shape index (κ1) is 18.2. The predicted molar refractivity (Wildman–Crippen MR) is 89.4 cm³/mol. The second kappa shape index (κ2) is 9.19. The smallest absolute Gasteiger partial charge is 0.306 e. The fourth-order valence-electron chi connectivity index (χ4n) is 2.26. The second-order valence-electron chi connectivity index (χ2n) is 4.87. The van der Waals surface area contributed by atoms with Crippen LogP contribution in [-0.2, 0) is 13.6 Å². The first-order valence-electron chi connectivity index (χ1n) is 7.73. The van der Waals surface area contributed by atoms with E-state index in [4.69, 9.17) is 9.05 Å². The average molecular weight is 310 g/mol. The van der Waals surface area contributed by atoms with E-state index in [9.17, 15) is 4.57 Å². The van der Waals surface area contributed by atoms with Crippen LogP contribution in [0.2, 0.25) is 0 Å². The summed E-state index contributed by atoms with van der Waals surface area (Å²) in [6, 6.07) is 10.1. The van der Waals surface area contributed by atoms with Gasteiger partial charge in [-0.3, -0.25) is 4.57 Å². The van der Waals surface area contributed by atoms with Crippen molar-refractivity contribution in [2.24, 2.45) is 0 Å². The minimum atomic E-state index is -3.19. The van der Waals surface area contributed by atoms with Crippen LogP contribution in [0.5, 0.6) is 0 Å². The van der Waals surface area contributed by atoms with E-state index in [0.29, 0.717) is 13.2 Å². The van der Waals surface area contributed by atoms with Gasteiger partial charge in [-0.25, -0.2) is 0 Å². The predicted octanol–water partition coefficient (Wildman–Crippen LogP) is 5.87. The molecular weight excluding hydrogens is 283 g/mol. The fourth-order valence-corrected chi connectivity index (χ4v) is 3.98. The Labute approximate surface area is 128 Å². The molecule has 0 unspecified atom stereocenters. The minimum Gasteiger partial charge on any atom is -0.306 e. The Kier molecular flexibility index (Phi) is 7.95. The molecule has 3 nitrogen and oxygen atoms in total. The molecule has 0 saturated carbocycles. The molecule has 1 aromatic rings. The molecule has 21 heavy (non-hydrogen) atoms. The van der Waals surface area contributed by atoms with Crippen LogP contribution in [0.1, 0.15) is 52.5 Å². The van der Waals surface area contributed by atoms with Gasteiger partial charge in [-0.2, -0.15) is 0 Å². The van der Waals surface area contributed by atoms with Crippen LogP contribution in [0.15, 0.2) is 35.6 Å².